The van der Waals surface area contributed by atoms with Crippen molar-refractivity contribution >= 4 is 69.1 Å². The largest absolute Gasteiger partial charge is 0.490 e. The fraction of sp³-hybridized carbons (Fsp3) is 0.154. The molecule has 1 fully saturated rings. The van der Waals surface area contributed by atoms with Crippen molar-refractivity contribution in [2.75, 3.05) is 18.5 Å². The van der Waals surface area contributed by atoms with Gasteiger partial charge in [-0.05, 0) is 79.0 Å². The Morgan fingerprint density at radius 3 is 2.65 bits per heavy atom. The number of aryl methyl sites for hydroxylation is 1. The van der Waals surface area contributed by atoms with Crippen molar-refractivity contribution in [1.29, 1.82) is 0 Å². The summed E-state index contributed by atoms with van der Waals surface area (Å²) in [5.41, 5.74) is 4.96. The number of hydrogen-bond donors (Lipinski definition) is 2. The van der Waals surface area contributed by atoms with Gasteiger partial charge in [0, 0.05) is 5.69 Å². The van der Waals surface area contributed by atoms with E-state index in [9.17, 15) is 14.4 Å². The summed E-state index contributed by atoms with van der Waals surface area (Å²) in [6, 6.07) is 16.0. The molecule has 1 aromatic heterocycles. The lowest BCUT2D eigenvalue weighted by Crippen LogP contribution is -2.44. The highest BCUT2D eigenvalue weighted by molar-refractivity contribution is 8.26. The summed E-state index contributed by atoms with van der Waals surface area (Å²) >= 11 is 7.65. The van der Waals surface area contributed by atoms with Crippen molar-refractivity contribution in [2.24, 2.45) is 0 Å². The molecular formula is C26H23N3O5S3. The number of nitrogens with one attached hydrogen (secondary N) is 2. The van der Waals surface area contributed by atoms with Crippen molar-refractivity contribution < 1.29 is 23.9 Å². The van der Waals surface area contributed by atoms with Crippen LogP contribution >= 0.6 is 35.3 Å². The predicted molar refractivity (Wildman–Crippen MR) is 150 cm³/mol. The predicted octanol–water partition coefficient (Wildman–Crippen LogP) is 5.02. The highest BCUT2D eigenvalue weighted by Gasteiger charge is 2.34. The van der Waals surface area contributed by atoms with Crippen molar-refractivity contribution in [3.05, 3.63) is 80.9 Å². The van der Waals surface area contributed by atoms with Gasteiger partial charge in [0.1, 0.15) is 0 Å². The monoisotopic (exact) mass is 553 g/mol. The first-order valence-electron chi connectivity index (χ1n) is 11.2. The summed E-state index contributed by atoms with van der Waals surface area (Å²) in [7, 11) is 0. The van der Waals surface area contributed by atoms with Crippen LogP contribution in [0.1, 0.15) is 27.7 Å². The van der Waals surface area contributed by atoms with Crippen LogP contribution in [0.2, 0.25) is 0 Å². The quantitative estimate of drug-likeness (QED) is 0.284. The van der Waals surface area contributed by atoms with Crippen LogP contribution < -0.4 is 20.2 Å². The number of hydrazine groups is 1. The van der Waals surface area contributed by atoms with Gasteiger partial charge in [-0.1, -0.05) is 36.0 Å². The van der Waals surface area contributed by atoms with Gasteiger partial charge in [0.05, 0.1) is 16.4 Å². The topological polar surface area (TPSA) is 97.0 Å². The lowest BCUT2D eigenvalue weighted by Gasteiger charge is -2.14. The second kappa shape index (κ2) is 12.0. The molecule has 2 aromatic carbocycles. The lowest BCUT2D eigenvalue weighted by atomic mass is 10.2. The molecule has 11 heteroatoms. The van der Waals surface area contributed by atoms with E-state index in [2.05, 4.69) is 10.7 Å². The van der Waals surface area contributed by atoms with Crippen molar-refractivity contribution in [3.63, 3.8) is 0 Å². The molecule has 1 aliphatic rings. The Kier molecular flexibility index (Phi) is 8.59. The Balaban J connectivity index is 1.43. The molecule has 2 heterocycles. The maximum Gasteiger partial charge on any atom is 0.285 e. The van der Waals surface area contributed by atoms with E-state index in [4.69, 9.17) is 21.7 Å². The number of ether oxygens (including phenoxy) is 2. The number of carbonyl (C=O) groups is 3. The number of carbonyl (C=O) groups excluding carboxylic acids is 3. The average Bonchev–Trinajstić information content (AvgIpc) is 3.49. The lowest BCUT2D eigenvalue weighted by molar-refractivity contribution is -0.123. The zero-order valence-corrected chi connectivity index (χ0v) is 22.4. The van der Waals surface area contributed by atoms with Crippen LogP contribution in [0.4, 0.5) is 5.69 Å². The molecule has 8 nitrogen and oxygen atoms in total. The fourth-order valence-electron chi connectivity index (χ4n) is 3.35. The Labute approximate surface area is 227 Å². The molecule has 1 aliphatic heterocycles. The minimum atomic E-state index is -0.425. The summed E-state index contributed by atoms with van der Waals surface area (Å²) < 4.78 is 11.6. The van der Waals surface area contributed by atoms with E-state index in [1.54, 1.807) is 41.8 Å². The maximum absolute atomic E-state index is 12.9. The number of thioether (sulfide) groups is 1. The van der Waals surface area contributed by atoms with Crippen LogP contribution in [0, 0.1) is 6.92 Å². The van der Waals surface area contributed by atoms with E-state index < -0.39 is 11.8 Å². The Morgan fingerprint density at radius 2 is 1.92 bits per heavy atom. The van der Waals surface area contributed by atoms with Crippen molar-refractivity contribution in [3.8, 4) is 11.5 Å². The molecule has 190 valence electrons. The molecule has 3 amide bonds. The van der Waals surface area contributed by atoms with Crippen LogP contribution in [-0.2, 0) is 9.59 Å². The van der Waals surface area contributed by atoms with Crippen LogP contribution in [0.15, 0.2) is 64.9 Å². The molecule has 0 bridgehead atoms. The Morgan fingerprint density at radius 1 is 1.08 bits per heavy atom. The maximum atomic E-state index is 12.9. The average molecular weight is 554 g/mol. The molecular weight excluding hydrogens is 531 g/mol. The van der Waals surface area contributed by atoms with E-state index >= 15 is 0 Å². The minimum Gasteiger partial charge on any atom is -0.490 e. The highest BCUT2D eigenvalue weighted by atomic mass is 32.2. The van der Waals surface area contributed by atoms with E-state index in [1.165, 1.54) is 11.3 Å². The SMILES string of the molecule is CCOc1cc(/C=C2/SC(=S)N(NC(=O)c3cccs3)C2=O)ccc1OCC(=O)Nc1cccc(C)c1. The Hall–Kier alpha value is -3.67. The van der Waals surface area contributed by atoms with Crippen molar-refractivity contribution in [1.82, 2.24) is 10.4 Å². The molecule has 0 unspecified atom stereocenters. The van der Waals surface area contributed by atoms with Gasteiger partial charge in [-0.15, -0.1) is 11.3 Å². The molecule has 3 aromatic rings. The van der Waals surface area contributed by atoms with E-state index in [-0.39, 0.29) is 16.8 Å². The third-order valence-corrected chi connectivity index (χ3v) is 7.15. The van der Waals surface area contributed by atoms with Gasteiger partial charge in [-0.2, -0.15) is 5.01 Å². The number of rotatable bonds is 9. The molecule has 0 atom stereocenters. The molecule has 0 radical (unpaired) electrons. The standard InChI is InChI=1S/C26H23N3O5S3/c1-3-33-20-13-17(9-10-19(20)34-15-23(30)27-18-7-4-6-16(2)12-18)14-22-25(32)29(26(35)37-22)28-24(31)21-8-5-11-36-21/h4-14H,3,15H2,1-2H3,(H,27,30)(H,28,31)/b22-14+. The third kappa shape index (κ3) is 6.76. The number of nitrogens with zero attached hydrogens (tertiary/aromatic N) is 1. The molecule has 4 rings (SSSR count). The molecule has 0 aliphatic carbocycles. The first-order valence-corrected chi connectivity index (χ1v) is 13.3. The number of anilines is 1. The minimum absolute atomic E-state index is 0.198. The van der Waals surface area contributed by atoms with Crippen LogP contribution in [0.25, 0.3) is 6.08 Å². The molecule has 2 N–H and O–H groups in total. The van der Waals surface area contributed by atoms with Crippen LogP contribution in [-0.4, -0.2) is 40.3 Å². The molecule has 0 saturated carbocycles. The molecule has 37 heavy (non-hydrogen) atoms. The number of amides is 3. The number of thiocarbonyl (C=S) groups is 1. The zero-order valence-electron chi connectivity index (χ0n) is 20.0. The van der Waals surface area contributed by atoms with Gasteiger partial charge in [0.2, 0.25) is 0 Å². The highest BCUT2D eigenvalue weighted by Crippen LogP contribution is 2.34. The van der Waals surface area contributed by atoms with E-state index in [0.29, 0.717) is 39.1 Å². The molecule has 1 saturated heterocycles. The smallest absolute Gasteiger partial charge is 0.285 e. The number of benzene rings is 2. The van der Waals surface area contributed by atoms with Gasteiger partial charge in [0.25, 0.3) is 17.7 Å². The second-order valence-corrected chi connectivity index (χ2v) is 10.4. The van der Waals surface area contributed by atoms with Crippen LogP contribution in [0.3, 0.4) is 0 Å². The van der Waals surface area contributed by atoms with Gasteiger partial charge in [-0.3, -0.25) is 19.8 Å². The van der Waals surface area contributed by atoms with Gasteiger partial charge >= 0.3 is 0 Å². The number of thiophene rings is 1. The summed E-state index contributed by atoms with van der Waals surface area (Å²) in [5, 5.41) is 5.65. The second-order valence-electron chi connectivity index (χ2n) is 7.78. The summed E-state index contributed by atoms with van der Waals surface area (Å²) in [4.78, 5) is 38.4. The summed E-state index contributed by atoms with van der Waals surface area (Å²) in [6.45, 7) is 3.96. The fourth-order valence-corrected chi connectivity index (χ4v) is 5.14. The van der Waals surface area contributed by atoms with Gasteiger partial charge in [-0.25, -0.2) is 0 Å². The van der Waals surface area contributed by atoms with Crippen molar-refractivity contribution in [2.45, 2.75) is 13.8 Å². The van der Waals surface area contributed by atoms with E-state index in [1.807, 2.05) is 38.1 Å². The molecule has 0 spiro atoms. The van der Waals surface area contributed by atoms with Gasteiger partial charge < -0.3 is 14.8 Å². The van der Waals surface area contributed by atoms with E-state index in [0.717, 1.165) is 22.3 Å². The Bertz CT molecular complexity index is 1370. The third-order valence-electron chi connectivity index (χ3n) is 4.98. The first-order chi connectivity index (χ1) is 17.8. The number of hydrogen-bond acceptors (Lipinski definition) is 8. The normalized spacial score (nSPS) is 14.1. The van der Waals surface area contributed by atoms with Crippen LogP contribution in [0.5, 0.6) is 11.5 Å². The zero-order chi connectivity index (χ0) is 26.4. The van der Waals surface area contributed by atoms with Gasteiger partial charge in [0.15, 0.2) is 22.4 Å². The summed E-state index contributed by atoms with van der Waals surface area (Å²) in [5.74, 6) is -0.300. The first kappa shape index (κ1) is 26.4. The summed E-state index contributed by atoms with van der Waals surface area (Å²) in [6.07, 6.45) is 1.66.